The van der Waals surface area contributed by atoms with E-state index >= 15 is 0 Å². The highest BCUT2D eigenvalue weighted by Crippen LogP contribution is 2.19. The molecule has 3 nitrogen and oxygen atoms in total. The lowest BCUT2D eigenvalue weighted by molar-refractivity contribution is 0.152. The summed E-state index contributed by atoms with van der Waals surface area (Å²) in [5.74, 6) is 0.860. The predicted molar refractivity (Wildman–Crippen MR) is 119 cm³/mol. The molecule has 0 saturated heterocycles. The van der Waals surface area contributed by atoms with E-state index in [1.54, 1.807) is 0 Å². The second-order valence-electron chi connectivity index (χ2n) is 8.08. The number of allylic oxidation sites excluding steroid dienone is 2. The topological polar surface area (TPSA) is 46.3 Å². The van der Waals surface area contributed by atoms with Crippen LogP contribution in [0.25, 0.3) is 11.1 Å². The van der Waals surface area contributed by atoms with Crippen LogP contribution in [0.4, 0.5) is 0 Å². The van der Waals surface area contributed by atoms with Gasteiger partial charge in [-0.3, -0.25) is 0 Å². The van der Waals surface area contributed by atoms with Gasteiger partial charge in [0.2, 0.25) is 0 Å². The summed E-state index contributed by atoms with van der Waals surface area (Å²) in [6.45, 7) is 4.31. The Morgan fingerprint density at radius 2 is 1.75 bits per heavy atom. The second-order valence-corrected chi connectivity index (χ2v) is 8.08. The van der Waals surface area contributed by atoms with Crippen LogP contribution in [-0.4, -0.2) is 16.2 Å². The van der Waals surface area contributed by atoms with Gasteiger partial charge in [-0.1, -0.05) is 63.7 Å². The molecule has 0 aliphatic carbocycles. The Kier molecular flexibility index (Phi) is 11.0. The van der Waals surface area contributed by atoms with Crippen molar-refractivity contribution in [3.8, 4) is 0 Å². The summed E-state index contributed by atoms with van der Waals surface area (Å²) < 4.78 is 5.81. The van der Waals surface area contributed by atoms with Crippen LogP contribution in [0, 0.1) is 6.92 Å². The Balaban J connectivity index is 1.45. The Hall–Kier alpha value is -1.61. The lowest BCUT2D eigenvalue weighted by Crippen LogP contribution is -2.05. The number of rotatable bonds is 15. The van der Waals surface area contributed by atoms with Gasteiger partial charge in [0.05, 0.1) is 6.10 Å². The van der Waals surface area contributed by atoms with Crippen LogP contribution in [0.15, 0.2) is 34.8 Å². The summed E-state index contributed by atoms with van der Waals surface area (Å²) in [6, 6.07) is 6.15. The predicted octanol–water partition coefficient (Wildman–Crippen LogP) is 7.30. The number of aryl methyl sites for hydroxylation is 2. The van der Waals surface area contributed by atoms with E-state index in [2.05, 4.69) is 43.1 Å². The Labute approximate surface area is 171 Å². The fraction of sp³-hybridized carbons (Fsp3) is 0.640. The van der Waals surface area contributed by atoms with Gasteiger partial charge in [-0.15, -0.1) is 0 Å². The first kappa shape index (κ1) is 22.7. The molecule has 156 valence electrons. The van der Waals surface area contributed by atoms with Crippen molar-refractivity contribution in [2.45, 2.75) is 103 Å². The van der Waals surface area contributed by atoms with Crippen LogP contribution < -0.4 is 0 Å². The molecule has 0 radical (unpaired) electrons. The molecule has 1 aromatic carbocycles. The number of aromatic nitrogens is 1. The first-order valence-electron chi connectivity index (χ1n) is 11.4. The van der Waals surface area contributed by atoms with E-state index in [1.165, 1.54) is 50.5 Å². The fourth-order valence-electron chi connectivity index (χ4n) is 3.56. The van der Waals surface area contributed by atoms with E-state index in [0.29, 0.717) is 0 Å². The Morgan fingerprint density at radius 1 is 0.964 bits per heavy atom. The van der Waals surface area contributed by atoms with Gasteiger partial charge < -0.3 is 9.52 Å². The number of nitrogens with zero attached hydrogens (tertiary/aromatic N) is 1. The number of oxazole rings is 1. The van der Waals surface area contributed by atoms with E-state index in [4.69, 9.17) is 4.42 Å². The van der Waals surface area contributed by atoms with Gasteiger partial charge in [0, 0.05) is 6.42 Å². The van der Waals surface area contributed by atoms with Crippen molar-refractivity contribution in [3.63, 3.8) is 0 Å². The standard InChI is InChI=1S/C25H39NO2/c1-3-4-5-6-7-9-12-15-22(27)16-13-10-8-11-14-17-25-26-23-20-21(2)18-19-24(23)28-25/h7,9,18-20,22,27H,3-6,8,10-17H2,1-2H3/b9-7-/t22-/m0/s1. The van der Waals surface area contributed by atoms with Crippen LogP contribution in [0.1, 0.15) is 95.4 Å². The molecule has 1 heterocycles. The zero-order valence-electron chi connectivity index (χ0n) is 18.0. The van der Waals surface area contributed by atoms with Crippen LogP contribution >= 0.6 is 0 Å². The highest BCUT2D eigenvalue weighted by Gasteiger charge is 2.06. The molecule has 2 aromatic rings. The number of hydrogen-bond donors (Lipinski definition) is 1. The van der Waals surface area contributed by atoms with Gasteiger partial charge in [0.25, 0.3) is 0 Å². The van der Waals surface area contributed by atoms with E-state index in [1.807, 2.05) is 6.07 Å². The first-order valence-corrected chi connectivity index (χ1v) is 11.4. The summed E-state index contributed by atoms with van der Waals surface area (Å²) in [5, 5.41) is 10.1. The third-order valence-corrected chi connectivity index (χ3v) is 5.32. The lowest BCUT2D eigenvalue weighted by atomic mass is 10.0. The molecule has 0 aliphatic rings. The van der Waals surface area contributed by atoms with E-state index in [9.17, 15) is 5.11 Å². The minimum atomic E-state index is -0.136. The summed E-state index contributed by atoms with van der Waals surface area (Å²) in [4.78, 5) is 4.58. The van der Waals surface area contributed by atoms with Crippen LogP contribution in [0.3, 0.4) is 0 Å². The summed E-state index contributed by atoms with van der Waals surface area (Å²) in [7, 11) is 0. The molecular weight excluding hydrogens is 346 g/mol. The quantitative estimate of drug-likeness (QED) is 0.258. The van der Waals surface area contributed by atoms with Crippen molar-refractivity contribution in [3.05, 3.63) is 41.8 Å². The maximum absolute atomic E-state index is 10.1. The van der Waals surface area contributed by atoms with Crippen molar-refractivity contribution < 1.29 is 9.52 Å². The number of benzene rings is 1. The third-order valence-electron chi connectivity index (χ3n) is 5.32. The first-order chi connectivity index (χ1) is 13.7. The monoisotopic (exact) mass is 385 g/mol. The Morgan fingerprint density at radius 3 is 2.61 bits per heavy atom. The van der Waals surface area contributed by atoms with Crippen LogP contribution in [-0.2, 0) is 6.42 Å². The average molecular weight is 386 g/mol. The number of aliphatic hydroxyl groups excluding tert-OH is 1. The van der Waals surface area contributed by atoms with E-state index in [0.717, 1.165) is 55.5 Å². The van der Waals surface area contributed by atoms with Gasteiger partial charge in [-0.25, -0.2) is 4.98 Å². The lowest BCUT2D eigenvalue weighted by Gasteiger charge is -2.08. The van der Waals surface area contributed by atoms with Gasteiger partial charge in [-0.2, -0.15) is 0 Å². The molecule has 3 heteroatoms. The minimum absolute atomic E-state index is 0.136. The normalized spacial score (nSPS) is 13.0. The summed E-state index contributed by atoms with van der Waals surface area (Å²) >= 11 is 0. The Bertz CT molecular complexity index is 689. The molecule has 28 heavy (non-hydrogen) atoms. The molecule has 0 spiro atoms. The second kappa shape index (κ2) is 13.5. The maximum Gasteiger partial charge on any atom is 0.195 e. The molecule has 0 unspecified atom stereocenters. The number of aliphatic hydroxyl groups is 1. The van der Waals surface area contributed by atoms with Gasteiger partial charge >= 0.3 is 0 Å². The van der Waals surface area contributed by atoms with Gasteiger partial charge in [0.1, 0.15) is 5.52 Å². The molecule has 0 fully saturated rings. The largest absolute Gasteiger partial charge is 0.441 e. The molecule has 0 aliphatic heterocycles. The molecule has 1 N–H and O–H groups in total. The van der Waals surface area contributed by atoms with Gasteiger partial charge in [0.15, 0.2) is 11.5 Å². The van der Waals surface area contributed by atoms with Crippen molar-refractivity contribution >= 4 is 11.1 Å². The number of fused-ring (bicyclic) bond motifs is 1. The number of hydrogen-bond acceptors (Lipinski definition) is 3. The van der Waals surface area contributed by atoms with Crippen molar-refractivity contribution in [2.24, 2.45) is 0 Å². The molecule has 2 rings (SSSR count). The van der Waals surface area contributed by atoms with Crippen molar-refractivity contribution in [2.75, 3.05) is 0 Å². The van der Waals surface area contributed by atoms with Crippen LogP contribution in [0.5, 0.6) is 0 Å². The molecular formula is C25H39NO2. The highest BCUT2D eigenvalue weighted by atomic mass is 16.3. The fourth-order valence-corrected chi connectivity index (χ4v) is 3.56. The molecule has 1 aromatic heterocycles. The zero-order chi connectivity index (χ0) is 20.0. The minimum Gasteiger partial charge on any atom is -0.441 e. The van der Waals surface area contributed by atoms with Crippen LogP contribution in [0.2, 0.25) is 0 Å². The van der Waals surface area contributed by atoms with Gasteiger partial charge in [-0.05, 0) is 63.1 Å². The summed E-state index contributed by atoms with van der Waals surface area (Å²) in [5.41, 5.74) is 3.09. The SMILES string of the molecule is CCCCC/C=C\CC[C@H](O)CCCCCCCc1nc2cc(C)ccc2o1. The molecule has 0 saturated carbocycles. The van der Waals surface area contributed by atoms with Crippen molar-refractivity contribution in [1.82, 2.24) is 4.98 Å². The smallest absolute Gasteiger partial charge is 0.195 e. The highest BCUT2D eigenvalue weighted by molar-refractivity contribution is 5.73. The third kappa shape index (κ3) is 9.05. The zero-order valence-corrected chi connectivity index (χ0v) is 18.0. The van der Waals surface area contributed by atoms with E-state index < -0.39 is 0 Å². The molecule has 0 amide bonds. The molecule has 1 atom stereocenters. The average Bonchev–Trinajstić information content (AvgIpc) is 3.08. The van der Waals surface area contributed by atoms with Crippen molar-refractivity contribution in [1.29, 1.82) is 0 Å². The van der Waals surface area contributed by atoms with E-state index in [-0.39, 0.29) is 6.10 Å². The summed E-state index contributed by atoms with van der Waals surface area (Å²) in [6.07, 6.45) is 19.1. The molecule has 0 bridgehead atoms. The maximum atomic E-state index is 10.1. The number of unbranched alkanes of at least 4 members (excludes halogenated alkanes) is 7.